The maximum absolute atomic E-state index is 9.64. The molecule has 14 heavy (non-hydrogen) atoms. The van der Waals surface area contributed by atoms with Crippen LogP contribution in [0.2, 0.25) is 0 Å². The van der Waals surface area contributed by atoms with Crippen molar-refractivity contribution in [1.29, 1.82) is 0 Å². The molecule has 1 aliphatic heterocycles. The molecule has 82 valence electrons. The molecule has 0 bridgehead atoms. The van der Waals surface area contributed by atoms with Gasteiger partial charge >= 0.3 is 0 Å². The molecule has 2 rings (SSSR count). The Balaban J connectivity index is 1.71. The second-order valence-electron chi connectivity index (χ2n) is 4.64. The van der Waals surface area contributed by atoms with Crippen LogP contribution in [0, 0.1) is 5.92 Å². The van der Waals surface area contributed by atoms with E-state index < -0.39 is 0 Å². The zero-order chi connectivity index (χ0) is 9.97. The summed E-state index contributed by atoms with van der Waals surface area (Å²) in [6.45, 7) is 4.05. The number of aliphatic hydroxyl groups excluding tert-OH is 1. The zero-order valence-electron chi connectivity index (χ0n) is 8.91. The molecule has 0 aromatic heterocycles. The summed E-state index contributed by atoms with van der Waals surface area (Å²) in [5.41, 5.74) is 0. The van der Waals surface area contributed by atoms with E-state index >= 15 is 0 Å². The first kappa shape index (κ1) is 10.4. The van der Waals surface area contributed by atoms with Gasteiger partial charge in [0.25, 0.3) is 0 Å². The van der Waals surface area contributed by atoms with Crippen molar-refractivity contribution in [3.63, 3.8) is 0 Å². The van der Waals surface area contributed by atoms with E-state index in [0.717, 1.165) is 38.8 Å². The average molecular weight is 199 g/mol. The fourth-order valence-corrected chi connectivity index (χ4v) is 2.53. The van der Waals surface area contributed by atoms with E-state index in [4.69, 9.17) is 4.74 Å². The van der Waals surface area contributed by atoms with E-state index in [1.54, 1.807) is 0 Å². The molecule has 3 heteroatoms. The Morgan fingerprint density at radius 3 is 2.79 bits per heavy atom. The molecule has 1 saturated carbocycles. The summed E-state index contributed by atoms with van der Waals surface area (Å²) in [6.07, 6.45) is 4.69. The summed E-state index contributed by atoms with van der Waals surface area (Å²) in [5, 5.41) is 13.1. The van der Waals surface area contributed by atoms with E-state index in [1.807, 2.05) is 0 Å². The lowest BCUT2D eigenvalue weighted by Crippen LogP contribution is -2.39. The largest absolute Gasteiger partial charge is 0.392 e. The van der Waals surface area contributed by atoms with Crippen LogP contribution < -0.4 is 5.32 Å². The number of nitrogens with one attached hydrogen (secondary N) is 1. The topological polar surface area (TPSA) is 41.5 Å². The molecule has 1 heterocycles. The molecular formula is C11H21NO2. The molecule has 1 aliphatic carbocycles. The van der Waals surface area contributed by atoms with Crippen LogP contribution >= 0.6 is 0 Å². The molecule has 2 N–H and O–H groups in total. The zero-order valence-corrected chi connectivity index (χ0v) is 8.91. The molecule has 2 aliphatic rings. The highest BCUT2D eigenvalue weighted by Gasteiger charge is 2.28. The highest BCUT2D eigenvalue weighted by Crippen LogP contribution is 2.22. The summed E-state index contributed by atoms with van der Waals surface area (Å²) in [5.74, 6) is 0.641. The maximum atomic E-state index is 9.64. The van der Waals surface area contributed by atoms with Gasteiger partial charge < -0.3 is 15.2 Å². The van der Waals surface area contributed by atoms with Crippen molar-refractivity contribution in [3.8, 4) is 0 Å². The van der Waals surface area contributed by atoms with Gasteiger partial charge in [0.05, 0.1) is 12.2 Å². The van der Waals surface area contributed by atoms with Gasteiger partial charge in [0, 0.05) is 19.2 Å². The molecule has 3 nitrogen and oxygen atoms in total. The first-order valence-electron chi connectivity index (χ1n) is 5.80. The summed E-state index contributed by atoms with van der Waals surface area (Å²) >= 11 is 0. The van der Waals surface area contributed by atoms with Crippen LogP contribution in [0.3, 0.4) is 0 Å². The van der Waals surface area contributed by atoms with Crippen molar-refractivity contribution < 1.29 is 9.84 Å². The number of rotatable bonds is 3. The van der Waals surface area contributed by atoms with E-state index in [0.29, 0.717) is 18.1 Å². The average Bonchev–Trinajstić information content (AvgIpc) is 2.72. The standard InChI is InChI=1S/C11H21NO2/c1-8-9(5-6-14-8)7-12-10-3-2-4-11(10)13/h8-13H,2-7H2,1H3/t8?,9?,10-,11-/m0/s1. The first-order chi connectivity index (χ1) is 6.77. The third kappa shape index (κ3) is 2.27. The molecule has 1 saturated heterocycles. The quantitative estimate of drug-likeness (QED) is 0.710. The lowest BCUT2D eigenvalue weighted by Gasteiger charge is -2.20. The van der Waals surface area contributed by atoms with Crippen LogP contribution in [-0.4, -0.2) is 36.5 Å². The number of aliphatic hydroxyl groups is 1. The third-order valence-electron chi connectivity index (χ3n) is 3.65. The van der Waals surface area contributed by atoms with Gasteiger partial charge in [-0.25, -0.2) is 0 Å². The Kier molecular flexibility index (Phi) is 3.42. The van der Waals surface area contributed by atoms with Gasteiger partial charge in [-0.05, 0) is 38.5 Å². The maximum Gasteiger partial charge on any atom is 0.0693 e. The second kappa shape index (κ2) is 4.60. The minimum absolute atomic E-state index is 0.118. The molecule has 2 unspecified atom stereocenters. The minimum Gasteiger partial charge on any atom is -0.392 e. The van der Waals surface area contributed by atoms with Gasteiger partial charge in [-0.1, -0.05) is 0 Å². The molecule has 2 fully saturated rings. The SMILES string of the molecule is CC1OCCC1CN[C@H]1CCC[C@@H]1O. The Hall–Kier alpha value is -0.120. The molecule has 4 atom stereocenters. The molecule has 0 amide bonds. The van der Waals surface area contributed by atoms with Crippen molar-refractivity contribution in [1.82, 2.24) is 5.32 Å². The monoisotopic (exact) mass is 199 g/mol. The van der Waals surface area contributed by atoms with Crippen LogP contribution in [0.15, 0.2) is 0 Å². The highest BCUT2D eigenvalue weighted by atomic mass is 16.5. The van der Waals surface area contributed by atoms with E-state index in [9.17, 15) is 5.11 Å². The van der Waals surface area contributed by atoms with Crippen LogP contribution in [0.4, 0.5) is 0 Å². The Labute approximate surface area is 85.8 Å². The summed E-state index contributed by atoms with van der Waals surface area (Å²) < 4.78 is 5.50. The predicted molar refractivity (Wildman–Crippen MR) is 55.2 cm³/mol. The normalized spacial score (nSPS) is 43.3. The lowest BCUT2D eigenvalue weighted by atomic mass is 10.0. The lowest BCUT2D eigenvalue weighted by molar-refractivity contribution is 0.100. The van der Waals surface area contributed by atoms with Crippen molar-refractivity contribution in [2.45, 2.75) is 50.9 Å². The molecule has 0 radical (unpaired) electrons. The summed E-state index contributed by atoms with van der Waals surface area (Å²) in [7, 11) is 0. The van der Waals surface area contributed by atoms with E-state index in [-0.39, 0.29) is 6.10 Å². The number of hydrogen-bond acceptors (Lipinski definition) is 3. The molecular weight excluding hydrogens is 178 g/mol. The fraction of sp³-hybridized carbons (Fsp3) is 1.00. The first-order valence-corrected chi connectivity index (χ1v) is 5.80. The fourth-order valence-electron chi connectivity index (χ4n) is 2.53. The third-order valence-corrected chi connectivity index (χ3v) is 3.65. The van der Waals surface area contributed by atoms with Gasteiger partial charge in [-0.15, -0.1) is 0 Å². The van der Waals surface area contributed by atoms with Gasteiger partial charge in [-0.3, -0.25) is 0 Å². The van der Waals surface area contributed by atoms with Gasteiger partial charge in [0.15, 0.2) is 0 Å². The number of hydrogen-bond donors (Lipinski definition) is 2. The minimum atomic E-state index is -0.118. The smallest absolute Gasteiger partial charge is 0.0693 e. The Morgan fingerprint density at radius 2 is 2.21 bits per heavy atom. The van der Waals surface area contributed by atoms with Gasteiger partial charge in [-0.2, -0.15) is 0 Å². The Bertz CT molecular complexity index is 166. The van der Waals surface area contributed by atoms with Crippen LogP contribution in [0.1, 0.15) is 32.6 Å². The van der Waals surface area contributed by atoms with Crippen molar-refractivity contribution in [2.75, 3.05) is 13.2 Å². The number of ether oxygens (including phenoxy) is 1. The molecule has 0 aromatic rings. The second-order valence-corrected chi connectivity index (χ2v) is 4.64. The predicted octanol–water partition coefficient (Wildman–Crippen LogP) is 0.914. The summed E-state index contributed by atoms with van der Waals surface area (Å²) in [6, 6.07) is 0.336. The van der Waals surface area contributed by atoms with Crippen LogP contribution in [0.5, 0.6) is 0 Å². The van der Waals surface area contributed by atoms with Crippen LogP contribution in [-0.2, 0) is 4.74 Å². The van der Waals surface area contributed by atoms with E-state index in [1.165, 1.54) is 0 Å². The molecule has 0 aromatic carbocycles. The van der Waals surface area contributed by atoms with Crippen LogP contribution in [0.25, 0.3) is 0 Å². The van der Waals surface area contributed by atoms with Crippen molar-refractivity contribution >= 4 is 0 Å². The van der Waals surface area contributed by atoms with Gasteiger partial charge in [0.2, 0.25) is 0 Å². The van der Waals surface area contributed by atoms with Gasteiger partial charge in [0.1, 0.15) is 0 Å². The van der Waals surface area contributed by atoms with E-state index in [2.05, 4.69) is 12.2 Å². The summed E-state index contributed by atoms with van der Waals surface area (Å²) in [4.78, 5) is 0. The highest BCUT2D eigenvalue weighted by molar-refractivity contribution is 4.84. The van der Waals surface area contributed by atoms with Crippen molar-refractivity contribution in [2.24, 2.45) is 5.92 Å². The Morgan fingerprint density at radius 1 is 1.36 bits per heavy atom. The molecule has 0 spiro atoms. The van der Waals surface area contributed by atoms with Crippen molar-refractivity contribution in [3.05, 3.63) is 0 Å².